The minimum atomic E-state index is -3.91. The van der Waals surface area contributed by atoms with Crippen LogP contribution in [0.5, 0.6) is 0 Å². The van der Waals surface area contributed by atoms with Gasteiger partial charge in [-0.3, -0.25) is 4.79 Å². The fraction of sp³-hybridized carbons (Fsp3) is 0.100. The van der Waals surface area contributed by atoms with E-state index in [1.807, 2.05) is 79.7 Å². The van der Waals surface area contributed by atoms with Crippen LogP contribution in [0.1, 0.15) is 28.0 Å². The molecule has 1 aromatic heterocycles. The summed E-state index contributed by atoms with van der Waals surface area (Å²) < 4.78 is 29.5. The molecule has 5 aromatic rings. The van der Waals surface area contributed by atoms with Crippen molar-refractivity contribution < 1.29 is 13.2 Å². The van der Waals surface area contributed by atoms with Gasteiger partial charge in [-0.25, -0.2) is 12.4 Å². The summed E-state index contributed by atoms with van der Waals surface area (Å²) in [7, 11) is -3.91. The number of Topliss-reactive ketones (excluding diaryl/α,β-unsaturated/α-hetero) is 1. The zero-order valence-corrected chi connectivity index (χ0v) is 20.2. The van der Waals surface area contributed by atoms with Crippen LogP contribution in [0.3, 0.4) is 0 Å². The lowest BCUT2D eigenvalue weighted by molar-refractivity contribution is 0.0982. The molecule has 0 bridgehead atoms. The topological polar surface area (TPSA) is 56.1 Å². The molecule has 5 heteroatoms. The van der Waals surface area contributed by atoms with Gasteiger partial charge in [0.05, 0.1) is 10.4 Å². The first-order chi connectivity index (χ1) is 17.0. The van der Waals surface area contributed by atoms with E-state index in [1.54, 1.807) is 36.4 Å². The largest absolute Gasteiger partial charge is 0.294 e. The molecule has 0 saturated heterocycles. The summed E-state index contributed by atoms with van der Waals surface area (Å²) >= 11 is 0. The van der Waals surface area contributed by atoms with Crippen molar-refractivity contribution in [2.24, 2.45) is 0 Å². The third-order valence-electron chi connectivity index (χ3n) is 6.23. The number of hydrogen-bond acceptors (Lipinski definition) is 3. The molecule has 0 fully saturated rings. The average molecular weight is 480 g/mol. The fourth-order valence-electron chi connectivity index (χ4n) is 4.51. The first-order valence-electron chi connectivity index (χ1n) is 11.5. The molecule has 5 rings (SSSR count). The van der Waals surface area contributed by atoms with Gasteiger partial charge in [-0.2, -0.15) is 0 Å². The van der Waals surface area contributed by atoms with Crippen LogP contribution in [0.2, 0.25) is 0 Å². The molecule has 0 saturated carbocycles. The highest BCUT2D eigenvalue weighted by atomic mass is 32.2. The molecule has 1 heterocycles. The number of aromatic nitrogens is 1. The quantitative estimate of drug-likeness (QED) is 0.245. The molecule has 174 valence electrons. The van der Waals surface area contributed by atoms with E-state index in [1.165, 1.54) is 3.97 Å². The Hall–Kier alpha value is -3.96. The van der Waals surface area contributed by atoms with Crippen molar-refractivity contribution in [3.8, 4) is 11.1 Å². The lowest BCUT2D eigenvalue weighted by Gasteiger charge is -2.14. The normalized spacial score (nSPS) is 11.6. The molecular formula is C30H25NO3S. The number of para-hydroxylation sites is 1. The Morgan fingerprint density at radius 2 is 1.34 bits per heavy atom. The van der Waals surface area contributed by atoms with Gasteiger partial charge >= 0.3 is 0 Å². The van der Waals surface area contributed by atoms with Crippen molar-refractivity contribution >= 4 is 26.7 Å². The molecule has 35 heavy (non-hydrogen) atoms. The van der Waals surface area contributed by atoms with E-state index in [0.29, 0.717) is 16.8 Å². The number of rotatable bonds is 7. The van der Waals surface area contributed by atoms with Crippen molar-refractivity contribution in [2.45, 2.75) is 24.7 Å². The number of fused-ring (bicyclic) bond motifs is 1. The number of ketones is 1. The smallest absolute Gasteiger partial charge is 0.268 e. The van der Waals surface area contributed by atoms with Crippen LogP contribution in [-0.4, -0.2) is 18.2 Å². The standard InChI is InChI=1S/C30H25NO3S/c1-22-16-18-25(19-17-22)35(33,34)31-27-15-9-8-14-26(27)30(24-12-6-3-7-13-24)28(31)20-21-29(32)23-10-4-2-5-11-23/h2-19H,20-21H2,1H3. The van der Waals surface area contributed by atoms with Gasteiger partial charge in [0.1, 0.15) is 0 Å². The maximum absolute atomic E-state index is 14.0. The van der Waals surface area contributed by atoms with Gasteiger partial charge in [-0.05, 0) is 37.1 Å². The fourth-order valence-corrected chi connectivity index (χ4v) is 6.09. The number of nitrogens with zero attached hydrogens (tertiary/aromatic N) is 1. The summed E-state index contributed by atoms with van der Waals surface area (Å²) in [5.74, 6) is -0.0193. The molecule has 0 aliphatic rings. The summed E-state index contributed by atoms with van der Waals surface area (Å²) in [6.07, 6.45) is 0.487. The molecule has 4 nitrogen and oxygen atoms in total. The van der Waals surface area contributed by atoms with Crippen molar-refractivity contribution in [3.63, 3.8) is 0 Å². The zero-order chi connectivity index (χ0) is 24.4. The Morgan fingerprint density at radius 1 is 0.743 bits per heavy atom. The molecule has 0 aliphatic carbocycles. The second-order valence-corrected chi connectivity index (χ2v) is 10.4. The SMILES string of the molecule is Cc1ccc(S(=O)(=O)n2c(CCC(=O)c3ccccc3)c(-c3ccccc3)c3ccccc32)cc1. The van der Waals surface area contributed by atoms with Gasteiger partial charge in [0.2, 0.25) is 0 Å². The van der Waals surface area contributed by atoms with E-state index in [9.17, 15) is 13.2 Å². The number of hydrogen-bond donors (Lipinski definition) is 0. The van der Waals surface area contributed by atoms with Crippen LogP contribution in [0.4, 0.5) is 0 Å². The molecule has 4 aromatic carbocycles. The van der Waals surface area contributed by atoms with Crippen LogP contribution in [0.15, 0.2) is 114 Å². The number of benzene rings is 4. The molecule has 0 unspecified atom stereocenters. The van der Waals surface area contributed by atoms with Crippen LogP contribution >= 0.6 is 0 Å². The highest BCUT2D eigenvalue weighted by Gasteiger charge is 2.27. The Labute approximate surface area is 205 Å². The number of aryl methyl sites for hydroxylation is 1. The molecule has 0 aliphatic heterocycles. The molecule has 0 amide bonds. The predicted molar refractivity (Wildman–Crippen MR) is 140 cm³/mol. The number of carbonyl (C=O) groups excluding carboxylic acids is 1. The second kappa shape index (κ2) is 9.35. The Balaban J connectivity index is 1.73. The van der Waals surface area contributed by atoms with E-state index < -0.39 is 10.0 Å². The summed E-state index contributed by atoms with van der Waals surface area (Å²) in [6.45, 7) is 1.93. The van der Waals surface area contributed by atoms with Gasteiger partial charge in [-0.1, -0.05) is 96.6 Å². The third-order valence-corrected chi connectivity index (χ3v) is 8.00. The predicted octanol–water partition coefficient (Wildman–Crippen LogP) is 6.67. The zero-order valence-electron chi connectivity index (χ0n) is 19.4. The summed E-state index contributed by atoms with van der Waals surface area (Å²) in [5, 5.41) is 0.844. The lowest BCUT2D eigenvalue weighted by Crippen LogP contribution is -2.17. The third kappa shape index (κ3) is 4.31. The van der Waals surface area contributed by atoms with Crippen molar-refractivity contribution in [1.82, 2.24) is 3.97 Å². The molecule has 0 atom stereocenters. The molecule has 0 N–H and O–H groups in total. The molecular weight excluding hydrogens is 454 g/mol. The highest BCUT2D eigenvalue weighted by Crippen LogP contribution is 2.38. The summed E-state index contributed by atoms with van der Waals surface area (Å²) in [6, 6.07) is 33.3. The van der Waals surface area contributed by atoms with Gasteiger partial charge in [0, 0.05) is 28.6 Å². The van der Waals surface area contributed by atoms with E-state index >= 15 is 0 Å². The molecule has 0 radical (unpaired) electrons. The van der Waals surface area contributed by atoms with Crippen molar-refractivity contribution in [1.29, 1.82) is 0 Å². The van der Waals surface area contributed by atoms with E-state index in [0.717, 1.165) is 22.1 Å². The maximum Gasteiger partial charge on any atom is 0.268 e. The van der Waals surface area contributed by atoms with E-state index in [2.05, 4.69) is 0 Å². The summed E-state index contributed by atoms with van der Waals surface area (Å²) in [5.41, 5.74) is 4.59. The minimum Gasteiger partial charge on any atom is -0.294 e. The van der Waals surface area contributed by atoms with E-state index in [-0.39, 0.29) is 23.5 Å². The van der Waals surface area contributed by atoms with Crippen LogP contribution in [0, 0.1) is 6.92 Å². The first-order valence-corrected chi connectivity index (χ1v) is 13.0. The van der Waals surface area contributed by atoms with Gasteiger partial charge in [0.15, 0.2) is 5.78 Å². The Bertz CT molecular complexity index is 1600. The van der Waals surface area contributed by atoms with E-state index in [4.69, 9.17) is 0 Å². The van der Waals surface area contributed by atoms with Gasteiger partial charge in [0.25, 0.3) is 10.0 Å². The van der Waals surface area contributed by atoms with Crippen LogP contribution in [0.25, 0.3) is 22.0 Å². The average Bonchev–Trinajstić information content (AvgIpc) is 3.23. The number of carbonyl (C=O) groups is 1. The van der Waals surface area contributed by atoms with Crippen molar-refractivity contribution in [3.05, 3.63) is 126 Å². The summed E-state index contributed by atoms with van der Waals surface area (Å²) in [4.78, 5) is 13.2. The Morgan fingerprint density at radius 3 is 2.03 bits per heavy atom. The van der Waals surface area contributed by atoms with Crippen molar-refractivity contribution in [2.75, 3.05) is 0 Å². The van der Waals surface area contributed by atoms with Crippen LogP contribution in [-0.2, 0) is 16.4 Å². The maximum atomic E-state index is 14.0. The van der Waals surface area contributed by atoms with Gasteiger partial charge in [-0.15, -0.1) is 0 Å². The van der Waals surface area contributed by atoms with Crippen LogP contribution < -0.4 is 0 Å². The highest BCUT2D eigenvalue weighted by molar-refractivity contribution is 7.90. The van der Waals surface area contributed by atoms with Gasteiger partial charge < -0.3 is 0 Å². The lowest BCUT2D eigenvalue weighted by atomic mass is 9.98. The minimum absolute atomic E-state index is 0.0193. The first kappa shape index (κ1) is 22.8. The monoisotopic (exact) mass is 479 g/mol. The second-order valence-electron chi connectivity index (χ2n) is 8.58. The molecule has 0 spiro atoms. The Kier molecular flexibility index (Phi) is 6.10.